The highest BCUT2D eigenvalue weighted by molar-refractivity contribution is 7.41. The number of aromatic nitrogens is 3. The molecule has 0 amide bonds. The number of nitrogens with zero attached hydrogens (tertiary/aromatic N) is 3. The van der Waals surface area contributed by atoms with Gasteiger partial charge in [0.25, 0.3) is 0 Å². The van der Waals surface area contributed by atoms with Gasteiger partial charge in [-0.2, -0.15) is 0 Å². The number of hydrogen-bond acceptors (Lipinski definition) is 5. The van der Waals surface area contributed by atoms with E-state index in [2.05, 4.69) is 9.97 Å². The maximum Gasteiger partial charge on any atom is 0.461 e. The van der Waals surface area contributed by atoms with Crippen LogP contribution in [0.15, 0.2) is 73.1 Å². The van der Waals surface area contributed by atoms with Gasteiger partial charge in [-0.25, -0.2) is 9.97 Å². The van der Waals surface area contributed by atoms with Crippen molar-refractivity contribution in [2.45, 2.75) is 0 Å². The largest absolute Gasteiger partial charge is 0.461 e. The van der Waals surface area contributed by atoms with E-state index in [1.165, 1.54) is 6.33 Å². The molecule has 0 aliphatic heterocycles. The molecule has 2 heterocycles. The molecular weight excluding hydrogens is 349 g/mol. The van der Waals surface area contributed by atoms with Gasteiger partial charge in [0.1, 0.15) is 17.7 Å². The lowest BCUT2D eigenvalue weighted by Crippen LogP contribution is -1.99. The molecule has 0 aliphatic rings. The van der Waals surface area contributed by atoms with Crippen LogP contribution in [0, 0.1) is 0 Å². The van der Waals surface area contributed by atoms with Crippen LogP contribution in [0.4, 0.5) is 0 Å². The molecule has 1 atom stereocenters. The molecule has 0 aliphatic carbocycles. The van der Waals surface area contributed by atoms with Gasteiger partial charge in [-0.1, -0.05) is 48.5 Å². The topological polar surface area (TPSA) is 69.4 Å². The van der Waals surface area contributed by atoms with E-state index in [0.717, 1.165) is 22.3 Å². The van der Waals surface area contributed by atoms with Gasteiger partial charge in [0.2, 0.25) is 5.88 Å². The molecule has 130 valence electrons. The summed E-state index contributed by atoms with van der Waals surface area (Å²) in [6, 6.07) is 20.7. The Kier molecular flexibility index (Phi) is 4.52. The monoisotopic (exact) mass is 365 g/mol. The van der Waals surface area contributed by atoms with Crippen molar-refractivity contribution < 1.29 is 13.9 Å². The Bertz CT molecular complexity index is 1020. The zero-order valence-corrected chi connectivity index (χ0v) is 14.9. The first-order valence-electron chi connectivity index (χ1n) is 7.98. The zero-order valence-electron chi connectivity index (χ0n) is 14.0. The number of aryl methyl sites for hydroxylation is 1. The van der Waals surface area contributed by atoms with Crippen LogP contribution in [0.5, 0.6) is 11.6 Å². The molecule has 0 spiro atoms. The predicted molar refractivity (Wildman–Crippen MR) is 101 cm³/mol. The fraction of sp³-hybridized carbons (Fsp3) is 0.0526. The lowest BCUT2D eigenvalue weighted by molar-refractivity contribution is 0.370. The summed E-state index contributed by atoms with van der Waals surface area (Å²) < 4.78 is 12.8. The SMILES string of the molecule is Cn1c(OP(O)Oc2ccccc2)cc2c(-c3ccccc3)ncnc21. The molecule has 7 heteroatoms. The summed E-state index contributed by atoms with van der Waals surface area (Å²) in [6.45, 7) is 0. The minimum atomic E-state index is -2.12. The Labute approximate surface area is 151 Å². The molecule has 4 rings (SSSR count). The third kappa shape index (κ3) is 3.25. The molecule has 4 aromatic rings. The predicted octanol–water partition coefficient (Wildman–Crippen LogP) is 4.31. The van der Waals surface area contributed by atoms with Gasteiger partial charge < -0.3 is 13.9 Å². The van der Waals surface area contributed by atoms with E-state index < -0.39 is 8.60 Å². The second-order valence-electron chi connectivity index (χ2n) is 5.60. The molecule has 1 unspecified atom stereocenters. The van der Waals surface area contributed by atoms with Gasteiger partial charge in [-0.3, -0.25) is 4.57 Å². The molecule has 0 saturated carbocycles. The Morgan fingerprint density at radius 2 is 1.62 bits per heavy atom. The van der Waals surface area contributed by atoms with E-state index in [-0.39, 0.29) is 0 Å². The van der Waals surface area contributed by atoms with Crippen LogP contribution < -0.4 is 9.05 Å². The van der Waals surface area contributed by atoms with Gasteiger partial charge in [0.15, 0.2) is 0 Å². The summed E-state index contributed by atoms with van der Waals surface area (Å²) in [4.78, 5) is 18.9. The number of para-hydroxylation sites is 1. The van der Waals surface area contributed by atoms with E-state index >= 15 is 0 Å². The van der Waals surface area contributed by atoms with Crippen molar-refractivity contribution in [3.05, 3.63) is 73.1 Å². The lowest BCUT2D eigenvalue weighted by Gasteiger charge is -2.12. The number of rotatable bonds is 5. The van der Waals surface area contributed by atoms with Crippen molar-refractivity contribution in [1.29, 1.82) is 0 Å². The van der Waals surface area contributed by atoms with Crippen molar-refractivity contribution in [1.82, 2.24) is 14.5 Å². The minimum absolute atomic E-state index is 0.460. The van der Waals surface area contributed by atoms with Crippen LogP contribution in [0.25, 0.3) is 22.3 Å². The Morgan fingerprint density at radius 3 is 2.35 bits per heavy atom. The molecule has 0 radical (unpaired) electrons. The van der Waals surface area contributed by atoms with E-state index in [4.69, 9.17) is 9.05 Å². The smallest absolute Gasteiger partial charge is 0.418 e. The average Bonchev–Trinajstić information content (AvgIpc) is 2.99. The molecule has 6 nitrogen and oxygen atoms in total. The summed E-state index contributed by atoms with van der Waals surface area (Å²) in [6.07, 6.45) is 1.52. The van der Waals surface area contributed by atoms with Crippen LogP contribution in [0.2, 0.25) is 0 Å². The van der Waals surface area contributed by atoms with Crippen molar-refractivity contribution >= 4 is 19.6 Å². The highest BCUT2D eigenvalue weighted by Crippen LogP contribution is 2.39. The van der Waals surface area contributed by atoms with Crippen LogP contribution in [0.1, 0.15) is 0 Å². The van der Waals surface area contributed by atoms with E-state index in [1.54, 1.807) is 16.7 Å². The molecule has 2 aromatic carbocycles. The molecule has 0 bridgehead atoms. The fourth-order valence-corrected chi connectivity index (χ4v) is 3.37. The molecule has 26 heavy (non-hydrogen) atoms. The molecular formula is C19H16N3O3P. The van der Waals surface area contributed by atoms with Crippen molar-refractivity contribution in [3.8, 4) is 22.9 Å². The second kappa shape index (κ2) is 7.12. The summed E-state index contributed by atoms with van der Waals surface area (Å²) in [7, 11) is -0.295. The second-order valence-corrected chi connectivity index (χ2v) is 6.44. The lowest BCUT2D eigenvalue weighted by atomic mass is 10.1. The van der Waals surface area contributed by atoms with E-state index in [0.29, 0.717) is 11.6 Å². The minimum Gasteiger partial charge on any atom is -0.418 e. The maximum absolute atomic E-state index is 10.2. The summed E-state index contributed by atoms with van der Waals surface area (Å²) >= 11 is 0. The quantitative estimate of drug-likeness (QED) is 0.534. The van der Waals surface area contributed by atoms with Crippen molar-refractivity contribution in [3.63, 3.8) is 0 Å². The molecule has 0 saturated heterocycles. The summed E-state index contributed by atoms with van der Waals surface area (Å²) in [5.41, 5.74) is 2.52. The average molecular weight is 365 g/mol. The zero-order chi connectivity index (χ0) is 17.9. The van der Waals surface area contributed by atoms with Gasteiger partial charge in [-0.15, -0.1) is 0 Å². The first kappa shape index (κ1) is 16.5. The first-order chi connectivity index (χ1) is 12.7. The van der Waals surface area contributed by atoms with Crippen LogP contribution >= 0.6 is 8.60 Å². The van der Waals surface area contributed by atoms with Crippen LogP contribution in [-0.4, -0.2) is 19.4 Å². The maximum atomic E-state index is 10.2. The number of benzene rings is 2. The third-order valence-electron chi connectivity index (χ3n) is 3.92. The van der Waals surface area contributed by atoms with Crippen LogP contribution in [0.3, 0.4) is 0 Å². The van der Waals surface area contributed by atoms with Gasteiger partial charge in [-0.05, 0) is 12.1 Å². The summed E-state index contributed by atoms with van der Waals surface area (Å²) in [5.74, 6) is 1.01. The third-order valence-corrected chi connectivity index (χ3v) is 4.63. The van der Waals surface area contributed by atoms with Crippen molar-refractivity contribution in [2.24, 2.45) is 7.05 Å². The van der Waals surface area contributed by atoms with Crippen molar-refractivity contribution in [2.75, 3.05) is 0 Å². The van der Waals surface area contributed by atoms with E-state index in [1.807, 2.05) is 61.6 Å². The molecule has 2 aromatic heterocycles. The standard InChI is InChI=1S/C19H16N3O3P/c1-22-17(25-26(23)24-15-10-6-3-7-11-15)12-16-18(20-13-21-19(16)22)14-8-4-2-5-9-14/h2-13,23H,1H3. The van der Waals surface area contributed by atoms with Crippen LogP contribution in [-0.2, 0) is 7.05 Å². The number of hydrogen-bond donors (Lipinski definition) is 1. The molecule has 0 fully saturated rings. The highest BCUT2D eigenvalue weighted by atomic mass is 31.2. The fourth-order valence-electron chi connectivity index (χ4n) is 2.69. The van der Waals surface area contributed by atoms with Gasteiger partial charge >= 0.3 is 8.60 Å². The normalized spacial score (nSPS) is 12.1. The van der Waals surface area contributed by atoms with Gasteiger partial charge in [0, 0.05) is 24.1 Å². The highest BCUT2D eigenvalue weighted by Gasteiger charge is 2.18. The first-order valence-corrected chi connectivity index (χ1v) is 9.11. The number of fused-ring (bicyclic) bond motifs is 1. The van der Waals surface area contributed by atoms with E-state index in [9.17, 15) is 4.89 Å². The Hall–Kier alpha value is -2.95. The molecule has 1 N–H and O–H groups in total. The van der Waals surface area contributed by atoms with Gasteiger partial charge in [0.05, 0.1) is 5.69 Å². The Morgan fingerprint density at radius 1 is 0.923 bits per heavy atom. The summed E-state index contributed by atoms with van der Waals surface area (Å²) in [5, 5.41) is 0.847. The Balaban J connectivity index is 1.65.